The number of hydrogen-bond donors (Lipinski definition) is 1. The molecule has 0 amide bonds. The molecule has 5 nitrogen and oxygen atoms in total. The fraction of sp³-hybridized carbons (Fsp3) is 0.500. The molecule has 1 saturated heterocycles. The van der Waals surface area contributed by atoms with E-state index in [-0.39, 0.29) is 6.61 Å². The molecule has 2 heterocycles. The van der Waals surface area contributed by atoms with Crippen molar-refractivity contribution >= 4 is 0 Å². The molecule has 0 aliphatic carbocycles. The van der Waals surface area contributed by atoms with Crippen LogP contribution in [0.4, 0.5) is 0 Å². The Kier molecular flexibility index (Phi) is 4.62. The molecule has 1 aliphatic heterocycles. The molecule has 112 valence electrons. The van der Waals surface area contributed by atoms with Crippen molar-refractivity contribution in [3.63, 3.8) is 0 Å². The van der Waals surface area contributed by atoms with Crippen molar-refractivity contribution in [3.05, 3.63) is 36.2 Å². The third kappa shape index (κ3) is 3.49. The van der Waals surface area contributed by atoms with Gasteiger partial charge in [0.2, 0.25) is 11.7 Å². The second kappa shape index (κ2) is 6.83. The SMILES string of the molecule is OC[C@H]1CCCN1CCCc1nc(-c2ccccc2)no1. The van der Waals surface area contributed by atoms with E-state index in [0.29, 0.717) is 17.8 Å². The normalized spacial score (nSPS) is 19.2. The van der Waals surface area contributed by atoms with Gasteiger partial charge in [-0.3, -0.25) is 4.90 Å². The van der Waals surface area contributed by atoms with Crippen LogP contribution in [0.15, 0.2) is 34.9 Å². The van der Waals surface area contributed by atoms with Crippen LogP contribution in [0.2, 0.25) is 0 Å². The Balaban J connectivity index is 1.51. The lowest BCUT2D eigenvalue weighted by molar-refractivity contribution is 0.157. The zero-order chi connectivity index (χ0) is 14.5. The van der Waals surface area contributed by atoms with E-state index in [2.05, 4.69) is 15.0 Å². The highest BCUT2D eigenvalue weighted by Gasteiger charge is 2.23. The molecule has 0 radical (unpaired) electrons. The molecule has 5 heteroatoms. The number of likely N-dealkylation sites (tertiary alicyclic amines) is 1. The van der Waals surface area contributed by atoms with E-state index in [9.17, 15) is 5.11 Å². The molecule has 1 N–H and O–H groups in total. The van der Waals surface area contributed by atoms with Gasteiger partial charge in [-0.1, -0.05) is 35.5 Å². The van der Waals surface area contributed by atoms with Crippen molar-refractivity contribution in [2.24, 2.45) is 0 Å². The summed E-state index contributed by atoms with van der Waals surface area (Å²) in [7, 11) is 0. The minimum absolute atomic E-state index is 0.263. The lowest BCUT2D eigenvalue weighted by Gasteiger charge is -2.21. The second-order valence-corrected chi connectivity index (χ2v) is 5.50. The highest BCUT2D eigenvalue weighted by atomic mass is 16.5. The smallest absolute Gasteiger partial charge is 0.227 e. The number of rotatable bonds is 6. The monoisotopic (exact) mass is 287 g/mol. The molecule has 1 fully saturated rings. The summed E-state index contributed by atoms with van der Waals surface area (Å²) in [6, 6.07) is 10.2. The zero-order valence-electron chi connectivity index (χ0n) is 12.1. The fourth-order valence-electron chi connectivity index (χ4n) is 2.89. The average Bonchev–Trinajstić information content (AvgIpc) is 3.17. The van der Waals surface area contributed by atoms with Gasteiger partial charge in [-0.15, -0.1) is 0 Å². The summed E-state index contributed by atoms with van der Waals surface area (Å²) in [5, 5.41) is 13.3. The molecular weight excluding hydrogens is 266 g/mol. The Hall–Kier alpha value is -1.72. The van der Waals surface area contributed by atoms with Gasteiger partial charge in [0, 0.05) is 18.0 Å². The van der Waals surface area contributed by atoms with E-state index in [1.54, 1.807) is 0 Å². The van der Waals surface area contributed by atoms with Crippen LogP contribution in [0.5, 0.6) is 0 Å². The van der Waals surface area contributed by atoms with Gasteiger partial charge in [0.25, 0.3) is 0 Å². The van der Waals surface area contributed by atoms with Crippen LogP contribution >= 0.6 is 0 Å². The van der Waals surface area contributed by atoms with Crippen LogP contribution in [-0.4, -0.2) is 45.9 Å². The number of aromatic nitrogens is 2. The molecule has 21 heavy (non-hydrogen) atoms. The van der Waals surface area contributed by atoms with E-state index in [0.717, 1.165) is 37.9 Å². The van der Waals surface area contributed by atoms with Crippen molar-refractivity contribution in [2.45, 2.75) is 31.7 Å². The van der Waals surface area contributed by atoms with Crippen molar-refractivity contribution in [2.75, 3.05) is 19.7 Å². The summed E-state index contributed by atoms with van der Waals surface area (Å²) in [5.74, 6) is 1.34. The average molecular weight is 287 g/mol. The standard InChI is InChI=1S/C16H21N3O2/c20-12-14-8-4-10-19(14)11-5-9-15-17-16(18-21-15)13-6-2-1-3-7-13/h1-3,6-7,14,20H,4-5,8-12H2/t14-/m1/s1. The first kappa shape index (κ1) is 14.2. The van der Waals surface area contributed by atoms with Crippen LogP contribution < -0.4 is 0 Å². The maximum absolute atomic E-state index is 9.30. The molecule has 0 unspecified atom stereocenters. The number of aliphatic hydroxyl groups is 1. The minimum Gasteiger partial charge on any atom is -0.395 e. The van der Waals surface area contributed by atoms with Gasteiger partial charge in [0.05, 0.1) is 6.61 Å². The molecule has 3 rings (SSSR count). The van der Waals surface area contributed by atoms with Gasteiger partial charge in [0.1, 0.15) is 0 Å². The van der Waals surface area contributed by atoms with Gasteiger partial charge in [-0.2, -0.15) is 4.98 Å². The Morgan fingerprint density at radius 3 is 2.95 bits per heavy atom. The summed E-state index contributed by atoms with van der Waals surface area (Å²) < 4.78 is 5.31. The summed E-state index contributed by atoms with van der Waals surface area (Å²) in [6.45, 7) is 2.33. The Morgan fingerprint density at radius 1 is 1.29 bits per heavy atom. The van der Waals surface area contributed by atoms with Crippen molar-refractivity contribution in [1.82, 2.24) is 15.0 Å². The number of aliphatic hydroxyl groups excluding tert-OH is 1. The van der Waals surface area contributed by atoms with E-state index in [1.807, 2.05) is 30.3 Å². The number of hydrogen-bond acceptors (Lipinski definition) is 5. The van der Waals surface area contributed by atoms with Gasteiger partial charge >= 0.3 is 0 Å². The van der Waals surface area contributed by atoms with E-state index >= 15 is 0 Å². The van der Waals surface area contributed by atoms with Crippen LogP contribution in [0.25, 0.3) is 11.4 Å². The fourth-order valence-corrected chi connectivity index (χ4v) is 2.89. The highest BCUT2D eigenvalue weighted by Crippen LogP contribution is 2.18. The summed E-state index contributed by atoms with van der Waals surface area (Å²) in [4.78, 5) is 6.79. The maximum atomic E-state index is 9.30. The Morgan fingerprint density at radius 2 is 2.14 bits per heavy atom. The molecule has 0 spiro atoms. The molecule has 2 aromatic rings. The summed E-state index contributed by atoms with van der Waals surface area (Å²) >= 11 is 0. The van der Waals surface area contributed by atoms with Crippen LogP contribution in [0.1, 0.15) is 25.2 Å². The van der Waals surface area contributed by atoms with Crippen molar-refractivity contribution in [3.8, 4) is 11.4 Å². The first-order chi connectivity index (χ1) is 10.4. The van der Waals surface area contributed by atoms with E-state index in [4.69, 9.17) is 4.52 Å². The number of nitrogens with zero attached hydrogens (tertiary/aromatic N) is 3. The third-order valence-electron chi connectivity index (χ3n) is 4.05. The molecule has 1 aliphatic rings. The van der Waals surface area contributed by atoms with Crippen LogP contribution in [0, 0.1) is 0 Å². The van der Waals surface area contributed by atoms with E-state index in [1.165, 1.54) is 6.42 Å². The van der Waals surface area contributed by atoms with E-state index < -0.39 is 0 Å². The van der Waals surface area contributed by atoms with Gasteiger partial charge in [-0.25, -0.2) is 0 Å². The molecular formula is C16H21N3O2. The van der Waals surface area contributed by atoms with Crippen LogP contribution in [-0.2, 0) is 6.42 Å². The van der Waals surface area contributed by atoms with Gasteiger partial charge in [-0.05, 0) is 32.4 Å². The number of aryl methyl sites for hydroxylation is 1. The largest absolute Gasteiger partial charge is 0.395 e. The maximum Gasteiger partial charge on any atom is 0.227 e. The van der Waals surface area contributed by atoms with Gasteiger partial charge < -0.3 is 9.63 Å². The molecule has 0 bridgehead atoms. The third-order valence-corrected chi connectivity index (χ3v) is 4.05. The first-order valence-electron chi connectivity index (χ1n) is 7.60. The Labute approximate surface area is 124 Å². The second-order valence-electron chi connectivity index (χ2n) is 5.50. The van der Waals surface area contributed by atoms with Crippen molar-refractivity contribution in [1.29, 1.82) is 0 Å². The lowest BCUT2D eigenvalue weighted by Crippen LogP contribution is -2.33. The zero-order valence-corrected chi connectivity index (χ0v) is 12.1. The predicted octanol–water partition coefficient (Wildman–Crippen LogP) is 2.13. The van der Waals surface area contributed by atoms with Crippen molar-refractivity contribution < 1.29 is 9.63 Å². The number of benzene rings is 1. The highest BCUT2D eigenvalue weighted by molar-refractivity contribution is 5.53. The first-order valence-corrected chi connectivity index (χ1v) is 7.60. The van der Waals surface area contributed by atoms with Gasteiger partial charge in [0.15, 0.2) is 0 Å². The summed E-state index contributed by atoms with van der Waals surface area (Å²) in [5.41, 5.74) is 0.979. The quantitative estimate of drug-likeness (QED) is 0.882. The molecule has 1 atom stereocenters. The summed E-state index contributed by atoms with van der Waals surface area (Å²) in [6.07, 6.45) is 4.06. The minimum atomic E-state index is 0.263. The molecule has 1 aromatic carbocycles. The molecule has 1 aromatic heterocycles. The van der Waals surface area contributed by atoms with Crippen LogP contribution in [0.3, 0.4) is 0 Å². The topological polar surface area (TPSA) is 62.4 Å². The Bertz CT molecular complexity index is 556. The lowest BCUT2D eigenvalue weighted by atomic mass is 10.2. The molecule has 0 saturated carbocycles. The predicted molar refractivity (Wildman–Crippen MR) is 79.7 cm³/mol.